The van der Waals surface area contributed by atoms with Gasteiger partial charge in [0.05, 0.1) is 5.02 Å². The predicted octanol–water partition coefficient (Wildman–Crippen LogP) is 2.20. The molecule has 0 aliphatic carbocycles. The summed E-state index contributed by atoms with van der Waals surface area (Å²) in [7, 11) is 0. The molecular formula is C21H22ClFN4O4. The quantitative estimate of drug-likeness (QED) is 0.747. The Morgan fingerprint density at radius 3 is 2.81 bits per heavy atom. The maximum Gasteiger partial charge on any atom is 0.278 e. The molecule has 2 aliphatic heterocycles. The van der Waals surface area contributed by atoms with Crippen molar-refractivity contribution in [2.24, 2.45) is 0 Å². The first-order valence-corrected chi connectivity index (χ1v) is 10.5. The number of nitrogens with zero attached hydrogens (tertiary/aromatic N) is 3. The average Bonchev–Trinajstić information content (AvgIpc) is 2.76. The van der Waals surface area contributed by atoms with Crippen molar-refractivity contribution in [3.8, 4) is 5.75 Å². The van der Waals surface area contributed by atoms with Gasteiger partial charge in [-0.3, -0.25) is 24.1 Å². The van der Waals surface area contributed by atoms with E-state index in [1.807, 2.05) is 11.9 Å². The predicted molar refractivity (Wildman–Crippen MR) is 112 cm³/mol. The van der Waals surface area contributed by atoms with Crippen LogP contribution in [0.1, 0.15) is 52.6 Å². The molecule has 0 unspecified atom stereocenters. The maximum atomic E-state index is 13.3. The van der Waals surface area contributed by atoms with Gasteiger partial charge in [-0.05, 0) is 43.9 Å². The van der Waals surface area contributed by atoms with Crippen molar-refractivity contribution in [1.82, 2.24) is 14.9 Å². The minimum Gasteiger partial charge on any atom is -0.502 e. The Balaban J connectivity index is 1.68. The molecule has 2 amide bonds. The number of pyridine rings is 1. The highest BCUT2D eigenvalue weighted by Gasteiger charge is 2.40. The Morgan fingerprint density at radius 1 is 1.32 bits per heavy atom. The molecule has 1 aromatic carbocycles. The molecule has 10 heteroatoms. The molecule has 1 saturated heterocycles. The highest BCUT2D eigenvalue weighted by molar-refractivity contribution is 6.30. The van der Waals surface area contributed by atoms with Gasteiger partial charge in [-0.25, -0.2) is 4.39 Å². The maximum absolute atomic E-state index is 13.3. The summed E-state index contributed by atoms with van der Waals surface area (Å²) in [4.78, 5) is 40.0. The topological polar surface area (TPSA) is 94.9 Å². The SMILES string of the molecule is CCN1C(=O)c2c(O)c(=O)c(C(=O)NCc3ccc(F)c(Cl)c3)cn2N2CCCC[C@@H]12. The van der Waals surface area contributed by atoms with Crippen LogP contribution in [0.25, 0.3) is 0 Å². The molecular weight excluding hydrogens is 427 g/mol. The minimum absolute atomic E-state index is 0.00959. The second-order valence-corrected chi connectivity index (χ2v) is 7.98. The summed E-state index contributed by atoms with van der Waals surface area (Å²) in [5.74, 6) is -2.47. The van der Waals surface area contributed by atoms with Gasteiger partial charge >= 0.3 is 0 Å². The first-order valence-electron chi connectivity index (χ1n) is 10.1. The fourth-order valence-corrected chi connectivity index (χ4v) is 4.38. The van der Waals surface area contributed by atoms with Gasteiger partial charge in [0.2, 0.25) is 5.43 Å². The van der Waals surface area contributed by atoms with Gasteiger partial charge in [-0.1, -0.05) is 17.7 Å². The number of halogens is 2. The number of amides is 2. The van der Waals surface area contributed by atoms with E-state index in [-0.39, 0.29) is 29.0 Å². The van der Waals surface area contributed by atoms with Crippen molar-refractivity contribution >= 4 is 23.4 Å². The van der Waals surface area contributed by atoms with Crippen LogP contribution in [0.4, 0.5) is 4.39 Å². The first-order chi connectivity index (χ1) is 14.8. The molecule has 2 aliphatic rings. The normalized spacial score (nSPS) is 17.9. The van der Waals surface area contributed by atoms with Crippen molar-refractivity contribution in [3.05, 3.63) is 62.3 Å². The van der Waals surface area contributed by atoms with Crippen LogP contribution in [0.15, 0.2) is 29.2 Å². The molecule has 0 spiro atoms. The molecule has 0 saturated carbocycles. The van der Waals surface area contributed by atoms with Crippen LogP contribution in [-0.4, -0.2) is 45.8 Å². The van der Waals surface area contributed by atoms with Crippen LogP contribution < -0.4 is 15.8 Å². The number of aromatic hydroxyl groups is 1. The Kier molecular flexibility index (Phi) is 5.62. The molecule has 4 rings (SSSR count). The number of aromatic nitrogens is 1. The number of carbonyl (C=O) groups is 2. The summed E-state index contributed by atoms with van der Waals surface area (Å²) >= 11 is 5.76. The van der Waals surface area contributed by atoms with Crippen molar-refractivity contribution in [1.29, 1.82) is 0 Å². The molecule has 2 N–H and O–H groups in total. The molecule has 3 heterocycles. The third-order valence-corrected chi connectivity index (χ3v) is 6.02. The highest BCUT2D eigenvalue weighted by Crippen LogP contribution is 2.29. The monoisotopic (exact) mass is 448 g/mol. The lowest BCUT2D eigenvalue weighted by Crippen LogP contribution is -2.63. The zero-order chi connectivity index (χ0) is 22.3. The summed E-state index contributed by atoms with van der Waals surface area (Å²) in [6.45, 7) is 2.92. The summed E-state index contributed by atoms with van der Waals surface area (Å²) in [5.41, 5.74) is -0.781. The van der Waals surface area contributed by atoms with E-state index in [0.717, 1.165) is 19.3 Å². The molecule has 31 heavy (non-hydrogen) atoms. The fraction of sp³-hybridized carbons (Fsp3) is 0.381. The second kappa shape index (κ2) is 8.22. The molecule has 0 bridgehead atoms. The molecule has 1 fully saturated rings. The van der Waals surface area contributed by atoms with Crippen LogP contribution >= 0.6 is 11.6 Å². The van der Waals surface area contributed by atoms with E-state index >= 15 is 0 Å². The van der Waals surface area contributed by atoms with Gasteiger partial charge in [0.15, 0.2) is 11.4 Å². The van der Waals surface area contributed by atoms with Crippen molar-refractivity contribution in [2.45, 2.75) is 38.9 Å². The molecule has 1 aromatic heterocycles. The van der Waals surface area contributed by atoms with Crippen LogP contribution in [0.5, 0.6) is 5.75 Å². The molecule has 0 radical (unpaired) electrons. The Bertz CT molecular complexity index is 1120. The van der Waals surface area contributed by atoms with Crippen molar-refractivity contribution in [2.75, 3.05) is 18.1 Å². The number of hydrogen-bond donors (Lipinski definition) is 2. The lowest BCUT2D eigenvalue weighted by molar-refractivity contribution is 0.0534. The minimum atomic E-state index is -0.916. The van der Waals surface area contributed by atoms with Crippen LogP contribution in [0.3, 0.4) is 0 Å². The van der Waals surface area contributed by atoms with Crippen LogP contribution in [0.2, 0.25) is 5.02 Å². The zero-order valence-electron chi connectivity index (χ0n) is 16.9. The summed E-state index contributed by atoms with van der Waals surface area (Å²) in [5, 5.41) is 15.0. The molecule has 8 nitrogen and oxygen atoms in total. The summed E-state index contributed by atoms with van der Waals surface area (Å²) < 4.78 is 14.8. The number of hydrogen-bond acceptors (Lipinski definition) is 5. The highest BCUT2D eigenvalue weighted by atomic mass is 35.5. The number of fused-ring (bicyclic) bond motifs is 3. The third kappa shape index (κ3) is 3.63. The van der Waals surface area contributed by atoms with Gasteiger partial charge in [0.25, 0.3) is 11.8 Å². The Hall–Kier alpha value is -3.07. The second-order valence-electron chi connectivity index (χ2n) is 7.58. The third-order valence-electron chi connectivity index (χ3n) is 5.73. The lowest BCUT2D eigenvalue weighted by Gasteiger charge is -2.48. The zero-order valence-corrected chi connectivity index (χ0v) is 17.7. The smallest absolute Gasteiger partial charge is 0.278 e. The van der Waals surface area contributed by atoms with Crippen molar-refractivity contribution in [3.63, 3.8) is 0 Å². The van der Waals surface area contributed by atoms with E-state index in [1.54, 1.807) is 4.90 Å². The van der Waals surface area contributed by atoms with Gasteiger partial charge in [-0.15, -0.1) is 0 Å². The van der Waals surface area contributed by atoms with E-state index in [2.05, 4.69) is 5.32 Å². The van der Waals surface area contributed by atoms with E-state index in [4.69, 9.17) is 11.6 Å². The Morgan fingerprint density at radius 2 is 2.10 bits per heavy atom. The van der Waals surface area contributed by atoms with E-state index in [1.165, 1.54) is 29.1 Å². The number of piperidine rings is 1. The number of rotatable bonds is 4. The molecule has 164 valence electrons. The molecule has 2 aromatic rings. The number of benzene rings is 1. The van der Waals surface area contributed by atoms with Crippen molar-refractivity contribution < 1.29 is 19.1 Å². The van der Waals surface area contributed by atoms with Gasteiger partial charge in [-0.2, -0.15) is 0 Å². The first kappa shape index (κ1) is 21.2. The lowest BCUT2D eigenvalue weighted by atomic mass is 10.1. The van der Waals surface area contributed by atoms with Crippen LogP contribution in [0, 0.1) is 5.82 Å². The van der Waals surface area contributed by atoms with Gasteiger partial charge in [0.1, 0.15) is 17.5 Å². The largest absolute Gasteiger partial charge is 0.502 e. The number of carbonyl (C=O) groups excluding carboxylic acids is 2. The summed E-state index contributed by atoms with van der Waals surface area (Å²) in [6, 6.07) is 4.03. The summed E-state index contributed by atoms with van der Waals surface area (Å²) in [6.07, 6.45) is 3.73. The number of nitrogens with one attached hydrogen (secondary N) is 1. The van der Waals surface area contributed by atoms with Gasteiger partial charge < -0.3 is 15.3 Å². The van der Waals surface area contributed by atoms with E-state index < -0.39 is 28.8 Å². The molecule has 1 atom stereocenters. The van der Waals surface area contributed by atoms with Crippen LogP contribution in [-0.2, 0) is 6.54 Å². The van der Waals surface area contributed by atoms with E-state index in [9.17, 15) is 23.9 Å². The van der Waals surface area contributed by atoms with E-state index in [0.29, 0.717) is 18.7 Å². The van der Waals surface area contributed by atoms with Gasteiger partial charge in [0, 0.05) is 25.8 Å². The average molecular weight is 449 g/mol. The standard InChI is InChI=1S/C21H22ClFN4O4/c1-2-25-16-5-3-4-8-26(16)27-11-13(18(28)19(29)17(27)21(25)31)20(30)24-10-12-6-7-15(23)14(22)9-12/h6-7,9,11,16,29H,2-5,8,10H2,1H3,(H,24,30)/t16-/m0/s1. The Labute approximate surface area is 182 Å². The fourth-order valence-electron chi connectivity index (χ4n) is 4.17.